The molecule has 0 saturated carbocycles. The van der Waals surface area contributed by atoms with Gasteiger partial charge in [0.15, 0.2) is 0 Å². The summed E-state index contributed by atoms with van der Waals surface area (Å²) in [5.41, 5.74) is 0.608. The van der Waals surface area contributed by atoms with Gasteiger partial charge in [0, 0.05) is 18.3 Å². The van der Waals surface area contributed by atoms with Gasteiger partial charge in [-0.25, -0.2) is 4.98 Å². The number of nitrogens with zero attached hydrogens (tertiary/aromatic N) is 2. The van der Waals surface area contributed by atoms with E-state index in [2.05, 4.69) is 4.98 Å². The van der Waals surface area contributed by atoms with Crippen molar-refractivity contribution < 1.29 is 9.90 Å². The lowest BCUT2D eigenvalue weighted by molar-refractivity contribution is -0.139. The Morgan fingerprint density at radius 2 is 2.30 bits per heavy atom. The number of hydrogen-bond acceptors (Lipinski definition) is 4. The van der Waals surface area contributed by atoms with Crippen LogP contribution in [0.15, 0.2) is 4.79 Å². The fraction of sp³-hybridized carbons (Fsp3) is 0.500. The SMILES string of the molecule is CCc1nc2sc3c(c2c(=O)n1C)C(C(=O)O)CCC3. The molecule has 0 fully saturated rings. The Balaban J connectivity index is 2.38. The molecule has 3 rings (SSSR count). The molecule has 6 heteroatoms. The number of hydrogen-bond donors (Lipinski definition) is 1. The number of carbonyl (C=O) groups is 1. The minimum absolute atomic E-state index is 0.113. The van der Waals surface area contributed by atoms with E-state index in [0.717, 1.165) is 29.1 Å². The molecule has 106 valence electrons. The highest BCUT2D eigenvalue weighted by atomic mass is 32.1. The maximum Gasteiger partial charge on any atom is 0.311 e. The molecule has 5 nitrogen and oxygen atoms in total. The molecule has 1 atom stereocenters. The molecular formula is C14H16N2O3S. The van der Waals surface area contributed by atoms with Crippen LogP contribution >= 0.6 is 11.3 Å². The van der Waals surface area contributed by atoms with Crippen LogP contribution in [0.25, 0.3) is 10.2 Å². The molecule has 2 aromatic rings. The van der Waals surface area contributed by atoms with Crippen LogP contribution in [0.3, 0.4) is 0 Å². The van der Waals surface area contributed by atoms with Gasteiger partial charge >= 0.3 is 5.97 Å². The van der Waals surface area contributed by atoms with Gasteiger partial charge in [-0.15, -0.1) is 11.3 Å². The van der Waals surface area contributed by atoms with E-state index in [-0.39, 0.29) is 5.56 Å². The fourth-order valence-electron chi connectivity index (χ4n) is 2.97. The van der Waals surface area contributed by atoms with Crippen molar-refractivity contribution in [2.75, 3.05) is 0 Å². The molecule has 0 radical (unpaired) electrons. The summed E-state index contributed by atoms with van der Waals surface area (Å²) in [6, 6.07) is 0. The summed E-state index contributed by atoms with van der Waals surface area (Å²) in [6.45, 7) is 1.96. The molecule has 1 aliphatic carbocycles. The highest BCUT2D eigenvalue weighted by Crippen LogP contribution is 2.40. The zero-order chi connectivity index (χ0) is 14.4. The van der Waals surface area contributed by atoms with Crippen molar-refractivity contribution in [3.63, 3.8) is 0 Å². The average molecular weight is 292 g/mol. The molecule has 2 heterocycles. The highest BCUT2D eigenvalue weighted by molar-refractivity contribution is 7.18. The first-order chi connectivity index (χ1) is 9.54. The van der Waals surface area contributed by atoms with Crippen molar-refractivity contribution in [1.82, 2.24) is 9.55 Å². The van der Waals surface area contributed by atoms with Crippen LogP contribution in [-0.4, -0.2) is 20.6 Å². The van der Waals surface area contributed by atoms with Gasteiger partial charge in [0.2, 0.25) is 0 Å². The summed E-state index contributed by atoms with van der Waals surface area (Å²) >= 11 is 1.49. The van der Waals surface area contributed by atoms with Gasteiger partial charge in [-0.3, -0.25) is 14.2 Å². The molecule has 0 aromatic carbocycles. The summed E-state index contributed by atoms with van der Waals surface area (Å²) in [4.78, 5) is 30.3. The Morgan fingerprint density at radius 3 is 2.95 bits per heavy atom. The molecule has 0 spiro atoms. The third-order valence-electron chi connectivity index (χ3n) is 4.00. The van der Waals surface area contributed by atoms with Crippen LogP contribution in [0.5, 0.6) is 0 Å². The first-order valence-corrected chi connectivity index (χ1v) is 7.60. The van der Waals surface area contributed by atoms with Crippen molar-refractivity contribution in [1.29, 1.82) is 0 Å². The second-order valence-electron chi connectivity index (χ2n) is 5.15. The van der Waals surface area contributed by atoms with Crippen molar-refractivity contribution in [3.8, 4) is 0 Å². The normalized spacial score (nSPS) is 18.2. The second kappa shape index (κ2) is 4.70. The number of aromatic nitrogens is 2. The van der Waals surface area contributed by atoms with E-state index in [1.54, 1.807) is 11.6 Å². The van der Waals surface area contributed by atoms with E-state index in [9.17, 15) is 14.7 Å². The Bertz CT molecular complexity index is 760. The predicted octanol–water partition coefficient (Wildman–Crippen LogP) is 2.06. The number of thiophene rings is 1. The van der Waals surface area contributed by atoms with Crippen LogP contribution in [-0.2, 0) is 24.7 Å². The zero-order valence-corrected chi connectivity index (χ0v) is 12.3. The molecule has 20 heavy (non-hydrogen) atoms. The van der Waals surface area contributed by atoms with Crippen molar-refractivity contribution in [2.24, 2.45) is 7.05 Å². The summed E-state index contributed by atoms with van der Waals surface area (Å²) in [6.07, 6.45) is 3.00. The molecule has 1 aliphatic rings. The van der Waals surface area contributed by atoms with Gasteiger partial charge in [-0.2, -0.15) is 0 Å². The summed E-state index contributed by atoms with van der Waals surface area (Å²) in [7, 11) is 1.70. The van der Waals surface area contributed by atoms with Gasteiger partial charge in [0.25, 0.3) is 5.56 Å². The minimum atomic E-state index is -0.840. The van der Waals surface area contributed by atoms with Crippen LogP contribution in [0.1, 0.15) is 41.9 Å². The molecule has 0 bridgehead atoms. The minimum Gasteiger partial charge on any atom is -0.481 e. The second-order valence-corrected chi connectivity index (χ2v) is 6.23. The molecule has 1 unspecified atom stereocenters. The predicted molar refractivity (Wildman–Crippen MR) is 77.6 cm³/mol. The topological polar surface area (TPSA) is 72.2 Å². The average Bonchev–Trinajstić information content (AvgIpc) is 2.80. The maximum absolute atomic E-state index is 12.5. The largest absolute Gasteiger partial charge is 0.481 e. The Kier molecular flexibility index (Phi) is 3.12. The number of aliphatic carboxylic acids is 1. The van der Waals surface area contributed by atoms with E-state index in [0.29, 0.717) is 23.1 Å². The Hall–Kier alpha value is -1.69. The van der Waals surface area contributed by atoms with Crippen LogP contribution in [0.4, 0.5) is 0 Å². The van der Waals surface area contributed by atoms with Crippen molar-refractivity contribution in [3.05, 3.63) is 26.6 Å². The molecule has 1 N–H and O–H groups in total. The van der Waals surface area contributed by atoms with E-state index < -0.39 is 11.9 Å². The van der Waals surface area contributed by atoms with Gasteiger partial charge in [0.1, 0.15) is 10.7 Å². The summed E-state index contributed by atoms with van der Waals surface area (Å²) in [5, 5.41) is 9.92. The number of aryl methyl sites for hydroxylation is 2. The summed E-state index contributed by atoms with van der Waals surface area (Å²) < 4.78 is 1.54. The highest BCUT2D eigenvalue weighted by Gasteiger charge is 2.32. The standard InChI is InChI=1S/C14H16N2O3S/c1-3-9-15-12-11(13(17)16(9)2)10-7(14(18)19)5-4-6-8(10)20-12/h7H,3-6H2,1-2H3,(H,18,19). The Morgan fingerprint density at radius 1 is 1.55 bits per heavy atom. The van der Waals surface area contributed by atoms with Gasteiger partial charge in [-0.05, 0) is 24.8 Å². The first-order valence-electron chi connectivity index (χ1n) is 6.78. The van der Waals surface area contributed by atoms with Gasteiger partial charge in [-0.1, -0.05) is 6.92 Å². The fourth-order valence-corrected chi connectivity index (χ4v) is 4.25. The van der Waals surface area contributed by atoms with E-state index in [1.807, 2.05) is 6.92 Å². The molecule has 0 aliphatic heterocycles. The van der Waals surface area contributed by atoms with Gasteiger partial charge < -0.3 is 5.11 Å². The van der Waals surface area contributed by atoms with E-state index >= 15 is 0 Å². The van der Waals surface area contributed by atoms with Crippen molar-refractivity contribution >= 4 is 27.5 Å². The number of carboxylic acids is 1. The third-order valence-corrected chi connectivity index (χ3v) is 5.16. The number of fused-ring (bicyclic) bond motifs is 3. The van der Waals surface area contributed by atoms with E-state index in [1.165, 1.54) is 11.3 Å². The Labute approximate surface area is 119 Å². The summed E-state index contributed by atoms with van der Waals surface area (Å²) in [5.74, 6) is -0.658. The molecule has 2 aromatic heterocycles. The first kappa shape index (κ1) is 13.3. The number of carboxylic acid groups (broad SMARTS) is 1. The van der Waals surface area contributed by atoms with Crippen LogP contribution in [0.2, 0.25) is 0 Å². The smallest absolute Gasteiger partial charge is 0.311 e. The van der Waals surface area contributed by atoms with Crippen LogP contribution < -0.4 is 5.56 Å². The van der Waals surface area contributed by atoms with Crippen molar-refractivity contribution in [2.45, 2.75) is 38.5 Å². The lowest BCUT2D eigenvalue weighted by Gasteiger charge is -2.18. The number of rotatable bonds is 2. The quantitative estimate of drug-likeness (QED) is 0.919. The lowest BCUT2D eigenvalue weighted by Crippen LogP contribution is -2.24. The lowest BCUT2D eigenvalue weighted by atomic mass is 9.86. The van der Waals surface area contributed by atoms with Crippen LogP contribution in [0, 0.1) is 0 Å². The monoisotopic (exact) mass is 292 g/mol. The zero-order valence-electron chi connectivity index (χ0n) is 11.5. The molecule has 0 amide bonds. The third kappa shape index (κ3) is 1.78. The molecule has 0 saturated heterocycles. The maximum atomic E-state index is 12.5. The molecular weight excluding hydrogens is 276 g/mol. The van der Waals surface area contributed by atoms with E-state index in [4.69, 9.17) is 0 Å². The van der Waals surface area contributed by atoms with Gasteiger partial charge in [0.05, 0.1) is 11.3 Å².